The molecule has 0 saturated carbocycles. The van der Waals surface area contributed by atoms with Crippen molar-refractivity contribution in [1.29, 1.82) is 0 Å². The van der Waals surface area contributed by atoms with Crippen molar-refractivity contribution in [3.05, 3.63) is 12.2 Å². The molecular formula is C9H15BrO2. The molecule has 0 aromatic carbocycles. The van der Waals surface area contributed by atoms with Crippen molar-refractivity contribution in [2.24, 2.45) is 5.92 Å². The van der Waals surface area contributed by atoms with E-state index in [-0.39, 0.29) is 5.92 Å². The zero-order chi connectivity index (χ0) is 9.40. The molecular weight excluding hydrogens is 220 g/mol. The Morgan fingerprint density at radius 1 is 1.58 bits per heavy atom. The van der Waals surface area contributed by atoms with Gasteiger partial charge < -0.3 is 5.11 Å². The Labute approximate surface area is 81.8 Å². The van der Waals surface area contributed by atoms with Crippen LogP contribution in [-0.4, -0.2) is 16.4 Å². The maximum absolute atomic E-state index is 10.6. The fourth-order valence-electron chi connectivity index (χ4n) is 0.980. The van der Waals surface area contributed by atoms with Crippen LogP contribution in [0.25, 0.3) is 0 Å². The van der Waals surface area contributed by atoms with Gasteiger partial charge in [-0.25, -0.2) is 0 Å². The molecule has 0 spiro atoms. The number of carboxylic acids is 1. The Morgan fingerprint density at radius 3 is 2.67 bits per heavy atom. The van der Waals surface area contributed by atoms with Gasteiger partial charge in [0.15, 0.2) is 0 Å². The second-order valence-corrected chi connectivity index (χ2v) is 3.29. The minimum atomic E-state index is -0.676. The van der Waals surface area contributed by atoms with Crippen molar-refractivity contribution in [3.8, 4) is 0 Å². The van der Waals surface area contributed by atoms with Gasteiger partial charge in [-0.1, -0.05) is 35.0 Å². The quantitative estimate of drug-likeness (QED) is 0.567. The molecule has 0 aliphatic heterocycles. The number of aliphatic carboxylic acids is 1. The molecule has 1 atom stereocenters. The van der Waals surface area contributed by atoms with Crippen LogP contribution in [0.5, 0.6) is 0 Å². The van der Waals surface area contributed by atoms with Crippen molar-refractivity contribution < 1.29 is 9.90 Å². The van der Waals surface area contributed by atoms with Crippen molar-refractivity contribution in [2.75, 3.05) is 5.33 Å². The number of allylic oxidation sites excluding steroid dienone is 2. The summed E-state index contributed by atoms with van der Waals surface area (Å²) in [6.45, 7) is 1.91. The minimum Gasteiger partial charge on any atom is -0.481 e. The van der Waals surface area contributed by atoms with Crippen molar-refractivity contribution in [2.45, 2.75) is 26.2 Å². The van der Waals surface area contributed by atoms with Crippen LogP contribution in [0.15, 0.2) is 12.2 Å². The Hall–Kier alpha value is -0.310. The molecule has 1 unspecified atom stereocenters. The lowest BCUT2D eigenvalue weighted by Gasteiger charge is -2.06. The third kappa shape index (κ3) is 5.35. The smallest absolute Gasteiger partial charge is 0.306 e. The highest BCUT2D eigenvalue weighted by Gasteiger charge is 2.12. The molecule has 0 aromatic heterocycles. The third-order valence-corrected chi connectivity index (χ3v) is 2.15. The van der Waals surface area contributed by atoms with E-state index in [4.69, 9.17) is 5.11 Å². The topological polar surface area (TPSA) is 37.3 Å². The summed E-state index contributed by atoms with van der Waals surface area (Å²) < 4.78 is 0. The van der Waals surface area contributed by atoms with Crippen LogP contribution in [0.4, 0.5) is 0 Å². The van der Waals surface area contributed by atoms with Crippen LogP contribution in [0.3, 0.4) is 0 Å². The summed E-state index contributed by atoms with van der Waals surface area (Å²) in [6, 6.07) is 0. The maximum atomic E-state index is 10.6. The molecule has 0 bridgehead atoms. The first-order valence-electron chi connectivity index (χ1n) is 4.16. The first-order chi connectivity index (χ1) is 5.72. The van der Waals surface area contributed by atoms with Crippen molar-refractivity contribution >= 4 is 21.9 Å². The van der Waals surface area contributed by atoms with Gasteiger partial charge in [0.1, 0.15) is 0 Å². The van der Waals surface area contributed by atoms with Crippen LogP contribution >= 0.6 is 15.9 Å². The number of carboxylic acid groups (broad SMARTS) is 1. The van der Waals surface area contributed by atoms with Crippen LogP contribution in [0.2, 0.25) is 0 Å². The van der Waals surface area contributed by atoms with Gasteiger partial charge in [-0.3, -0.25) is 4.79 Å². The van der Waals surface area contributed by atoms with Gasteiger partial charge in [0.05, 0.1) is 5.92 Å². The molecule has 70 valence electrons. The van der Waals surface area contributed by atoms with E-state index >= 15 is 0 Å². The predicted octanol–water partition coefficient (Wildman–Crippen LogP) is 2.83. The molecule has 12 heavy (non-hydrogen) atoms. The summed E-state index contributed by atoms with van der Waals surface area (Å²) in [6.07, 6.45) is 6.33. The van der Waals surface area contributed by atoms with Gasteiger partial charge in [0, 0.05) is 5.33 Å². The molecule has 0 aliphatic carbocycles. The highest BCUT2D eigenvalue weighted by atomic mass is 79.9. The van der Waals surface area contributed by atoms with Gasteiger partial charge >= 0.3 is 5.97 Å². The van der Waals surface area contributed by atoms with E-state index < -0.39 is 5.97 Å². The third-order valence-electron chi connectivity index (χ3n) is 1.78. The molecule has 0 amide bonds. The number of alkyl halides is 1. The van der Waals surface area contributed by atoms with Crippen LogP contribution in [-0.2, 0) is 4.79 Å². The van der Waals surface area contributed by atoms with Gasteiger partial charge in [0.2, 0.25) is 0 Å². The second kappa shape index (κ2) is 7.35. The molecule has 2 nitrogen and oxygen atoms in total. The molecule has 0 saturated heterocycles. The predicted molar refractivity (Wildman–Crippen MR) is 53.6 cm³/mol. The number of hydrogen-bond acceptors (Lipinski definition) is 1. The zero-order valence-electron chi connectivity index (χ0n) is 7.29. The van der Waals surface area contributed by atoms with Gasteiger partial charge in [0.25, 0.3) is 0 Å². The standard InChI is InChI=1S/C9H15BrO2/c1-2-8(9(11)12)6-4-3-5-7-10/h3,5,8H,2,4,6-7H2,1H3,(H,11,12). The van der Waals surface area contributed by atoms with E-state index in [1.54, 1.807) is 0 Å². The van der Waals surface area contributed by atoms with Crippen molar-refractivity contribution in [3.63, 3.8) is 0 Å². The number of rotatable bonds is 6. The maximum Gasteiger partial charge on any atom is 0.306 e. The Balaban J connectivity index is 3.58. The summed E-state index contributed by atoms with van der Waals surface area (Å²) in [5.74, 6) is -0.852. The Bertz CT molecular complexity index is 155. The van der Waals surface area contributed by atoms with Crippen LogP contribution in [0.1, 0.15) is 26.2 Å². The van der Waals surface area contributed by atoms with E-state index in [0.717, 1.165) is 24.6 Å². The molecule has 0 aliphatic rings. The molecule has 3 heteroatoms. The monoisotopic (exact) mass is 234 g/mol. The summed E-state index contributed by atoms with van der Waals surface area (Å²) in [5.41, 5.74) is 0. The highest BCUT2D eigenvalue weighted by Crippen LogP contribution is 2.11. The average Bonchev–Trinajstić information content (AvgIpc) is 2.04. The van der Waals surface area contributed by atoms with Gasteiger partial charge in [-0.05, 0) is 19.3 Å². The first-order valence-corrected chi connectivity index (χ1v) is 5.28. The molecule has 0 radical (unpaired) electrons. The Morgan fingerprint density at radius 2 is 2.25 bits per heavy atom. The lowest BCUT2D eigenvalue weighted by Crippen LogP contribution is -2.11. The van der Waals surface area contributed by atoms with E-state index in [1.807, 2.05) is 19.1 Å². The van der Waals surface area contributed by atoms with Crippen LogP contribution < -0.4 is 0 Å². The lowest BCUT2D eigenvalue weighted by atomic mass is 10.0. The lowest BCUT2D eigenvalue weighted by molar-refractivity contribution is -0.142. The highest BCUT2D eigenvalue weighted by molar-refractivity contribution is 9.09. The van der Waals surface area contributed by atoms with Gasteiger partial charge in [-0.15, -0.1) is 0 Å². The van der Waals surface area contributed by atoms with Crippen LogP contribution in [0, 0.1) is 5.92 Å². The zero-order valence-corrected chi connectivity index (χ0v) is 8.88. The number of carbonyl (C=O) groups is 1. The molecule has 0 fully saturated rings. The minimum absolute atomic E-state index is 0.176. The number of halogens is 1. The van der Waals surface area contributed by atoms with E-state index in [1.165, 1.54) is 0 Å². The van der Waals surface area contributed by atoms with E-state index in [9.17, 15) is 4.79 Å². The molecule has 0 aromatic rings. The van der Waals surface area contributed by atoms with E-state index in [2.05, 4.69) is 15.9 Å². The van der Waals surface area contributed by atoms with E-state index in [0.29, 0.717) is 0 Å². The molecule has 0 rings (SSSR count). The van der Waals surface area contributed by atoms with Gasteiger partial charge in [-0.2, -0.15) is 0 Å². The van der Waals surface area contributed by atoms with Crippen molar-refractivity contribution in [1.82, 2.24) is 0 Å². The normalized spacial score (nSPS) is 13.5. The largest absolute Gasteiger partial charge is 0.481 e. The molecule has 1 N–H and O–H groups in total. The fraction of sp³-hybridized carbons (Fsp3) is 0.667. The summed E-state index contributed by atoms with van der Waals surface area (Å²) >= 11 is 3.26. The SMILES string of the molecule is CCC(CCC=CCBr)C(=O)O. The molecule has 0 heterocycles. The first kappa shape index (κ1) is 11.7. The Kier molecular flexibility index (Phi) is 7.16. The summed E-state index contributed by atoms with van der Waals surface area (Å²) in [4.78, 5) is 10.6. The second-order valence-electron chi connectivity index (χ2n) is 2.65. The summed E-state index contributed by atoms with van der Waals surface area (Å²) in [5, 5.41) is 9.54. The number of hydrogen-bond donors (Lipinski definition) is 1. The summed E-state index contributed by atoms with van der Waals surface area (Å²) in [7, 11) is 0. The fourth-order valence-corrected chi connectivity index (χ4v) is 1.24. The average molecular weight is 235 g/mol.